The first-order chi connectivity index (χ1) is 13.6. The second-order valence-electron chi connectivity index (χ2n) is 6.49. The third-order valence-corrected chi connectivity index (χ3v) is 5.24. The van der Waals surface area contributed by atoms with E-state index in [1.54, 1.807) is 10.9 Å². The lowest BCUT2D eigenvalue weighted by atomic mass is 10.2. The summed E-state index contributed by atoms with van der Waals surface area (Å²) in [6.07, 6.45) is 1.72. The van der Waals surface area contributed by atoms with Crippen LogP contribution in [0.15, 0.2) is 65.8 Å². The Bertz CT molecular complexity index is 1130. The van der Waals surface area contributed by atoms with Crippen LogP contribution < -0.4 is 5.32 Å². The highest BCUT2D eigenvalue weighted by Gasteiger charge is 2.13. The molecule has 140 valence electrons. The Labute approximate surface area is 167 Å². The number of anilines is 1. The SMILES string of the molecule is Cc1ccc(-n2nc(C)cc2NC(=O)CSc2nncc3ccccc23)cc1. The normalized spacial score (nSPS) is 10.9. The molecule has 4 rings (SSSR count). The van der Waals surface area contributed by atoms with Gasteiger partial charge in [0.15, 0.2) is 0 Å². The Balaban J connectivity index is 1.49. The summed E-state index contributed by atoms with van der Waals surface area (Å²) < 4.78 is 1.75. The number of fused-ring (bicyclic) bond motifs is 1. The Morgan fingerprint density at radius 2 is 1.89 bits per heavy atom. The molecule has 0 fully saturated rings. The molecule has 0 saturated heterocycles. The van der Waals surface area contributed by atoms with Crippen molar-refractivity contribution in [3.8, 4) is 5.69 Å². The maximum Gasteiger partial charge on any atom is 0.235 e. The molecule has 2 aromatic heterocycles. The van der Waals surface area contributed by atoms with Crippen molar-refractivity contribution in [3.05, 3.63) is 72.1 Å². The Morgan fingerprint density at radius 3 is 2.71 bits per heavy atom. The van der Waals surface area contributed by atoms with Gasteiger partial charge in [-0.05, 0) is 26.0 Å². The lowest BCUT2D eigenvalue weighted by molar-refractivity contribution is -0.113. The first kappa shape index (κ1) is 18.2. The Hall–Kier alpha value is -3.19. The molecule has 0 saturated carbocycles. The highest BCUT2D eigenvalue weighted by molar-refractivity contribution is 8.00. The van der Waals surface area contributed by atoms with Gasteiger partial charge < -0.3 is 5.32 Å². The number of hydrogen-bond donors (Lipinski definition) is 1. The van der Waals surface area contributed by atoms with Gasteiger partial charge in [-0.25, -0.2) is 4.68 Å². The summed E-state index contributed by atoms with van der Waals surface area (Å²) in [4.78, 5) is 12.5. The molecule has 1 amide bonds. The molecule has 4 aromatic rings. The molecule has 2 aromatic carbocycles. The molecule has 0 atom stereocenters. The van der Waals surface area contributed by atoms with E-state index in [9.17, 15) is 4.79 Å². The second-order valence-corrected chi connectivity index (χ2v) is 7.46. The number of nitrogens with zero attached hydrogens (tertiary/aromatic N) is 4. The first-order valence-corrected chi connectivity index (χ1v) is 9.85. The predicted molar refractivity (Wildman–Crippen MR) is 112 cm³/mol. The number of aromatic nitrogens is 4. The number of aryl methyl sites for hydroxylation is 2. The summed E-state index contributed by atoms with van der Waals surface area (Å²) in [7, 11) is 0. The summed E-state index contributed by atoms with van der Waals surface area (Å²) in [5.74, 6) is 0.768. The monoisotopic (exact) mass is 389 g/mol. The van der Waals surface area contributed by atoms with Gasteiger partial charge in [-0.3, -0.25) is 4.79 Å². The average Bonchev–Trinajstić information content (AvgIpc) is 3.07. The Kier molecular flexibility index (Phi) is 5.08. The molecule has 6 nitrogen and oxygen atoms in total. The van der Waals surface area contributed by atoms with Crippen molar-refractivity contribution in [2.45, 2.75) is 18.9 Å². The summed E-state index contributed by atoms with van der Waals surface area (Å²) in [5.41, 5.74) is 2.91. The minimum atomic E-state index is -0.118. The number of hydrogen-bond acceptors (Lipinski definition) is 5. The van der Waals surface area contributed by atoms with Crippen LogP contribution in [0.3, 0.4) is 0 Å². The van der Waals surface area contributed by atoms with Crippen LogP contribution in [0.4, 0.5) is 5.82 Å². The van der Waals surface area contributed by atoms with Crippen LogP contribution in [0, 0.1) is 13.8 Å². The van der Waals surface area contributed by atoms with Crippen LogP contribution in [0.1, 0.15) is 11.3 Å². The molecule has 2 heterocycles. The number of carbonyl (C=O) groups is 1. The number of carbonyl (C=O) groups excluding carboxylic acids is 1. The summed E-state index contributed by atoms with van der Waals surface area (Å²) in [5, 5.41) is 18.4. The molecular formula is C21H19N5OS. The van der Waals surface area contributed by atoms with E-state index in [-0.39, 0.29) is 11.7 Å². The number of benzene rings is 2. The number of amides is 1. The van der Waals surface area contributed by atoms with Crippen molar-refractivity contribution in [2.75, 3.05) is 11.1 Å². The van der Waals surface area contributed by atoms with E-state index >= 15 is 0 Å². The summed E-state index contributed by atoms with van der Waals surface area (Å²) in [6.45, 7) is 3.94. The fourth-order valence-electron chi connectivity index (χ4n) is 2.89. The number of nitrogens with one attached hydrogen (secondary N) is 1. The maximum atomic E-state index is 12.5. The molecule has 0 bridgehead atoms. The van der Waals surface area contributed by atoms with Gasteiger partial charge in [-0.1, -0.05) is 53.7 Å². The number of thioether (sulfide) groups is 1. The van der Waals surface area contributed by atoms with Crippen LogP contribution in [-0.4, -0.2) is 31.6 Å². The molecule has 0 radical (unpaired) electrons. The number of rotatable bonds is 5. The smallest absolute Gasteiger partial charge is 0.235 e. The Morgan fingerprint density at radius 1 is 1.11 bits per heavy atom. The van der Waals surface area contributed by atoms with Gasteiger partial charge in [0.1, 0.15) is 10.8 Å². The van der Waals surface area contributed by atoms with Crippen LogP contribution in [0.25, 0.3) is 16.5 Å². The molecule has 0 aliphatic rings. The minimum Gasteiger partial charge on any atom is -0.310 e. The predicted octanol–water partition coefficient (Wildman–Crippen LogP) is 4.16. The zero-order valence-corrected chi connectivity index (χ0v) is 16.4. The zero-order valence-electron chi connectivity index (χ0n) is 15.6. The van der Waals surface area contributed by atoms with Gasteiger partial charge in [-0.2, -0.15) is 10.2 Å². The van der Waals surface area contributed by atoms with Gasteiger partial charge in [-0.15, -0.1) is 5.10 Å². The first-order valence-electron chi connectivity index (χ1n) is 8.87. The fourth-order valence-corrected chi connectivity index (χ4v) is 3.68. The van der Waals surface area contributed by atoms with Gasteiger partial charge in [0.05, 0.1) is 23.3 Å². The third-order valence-electron chi connectivity index (χ3n) is 4.25. The summed E-state index contributed by atoms with van der Waals surface area (Å²) >= 11 is 1.37. The summed E-state index contributed by atoms with van der Waals surface area (Å²) in [6, 6.07) is 17.8. The lowest BCUT2D eigenvalue weighted by Gasteiger charge is -2.09. The minimum absolute atomic E-state index is 0.118. The van der Waals surface area contributed by atoms with E-state index in [0.717, 1.165) is 27.2 Å². The fraction of sp³-hybridized carbons (Fsp3) is 0.143. The molecule has 28 heavy (non-hydrogen) atoms. The van der Waals surface area contributed by atoms with Crippen LogP contribution in [0.2, 0.25) is 0 Å². The van der Waals surface area contributed by atoms with Gasteiger partial charge in [0, 0.05) is 16.8 Å². The topological polar surface area (TPSA) is 72.7 Å². The van der Waals surface area contributed by atoms with E-state index < -0.39 is 0 Å². The third kappa shape index (κ3) is 3.89. The van der Waals surface area contributed by atoms with Crippen LogP contribution >= 0.6 is 11.8 Å². The van der Waals surface area contributed by atoms with E-state index in [1.165, 1.54) is 17.3 Å². The lowest BCUT2D eigenvalue weighted by Crippen LogP contribution is -2.17. The maximum absolute atomic E-state index is 12.5. The van der Waals surface area contributed by atoms with Crippen LogP contribution in [0.5, 0.6) is 0 Å². The van der Waals surface area contributed by atoms with Crippen LogP contribution in [-0.2, 0) is 4.79 Å². The molecule has 7 heteroatoms. The zero-order chi connectivity index (χ0) is 19.5. The highest BCUT2D eigenvalue weighted by atomic mass is 32.2. The largest absolute Gasteiger partial charge is 0.310 e. The van der Waals surface area contributed by atoms with Gasteiger partial charge >= 0.3 is 0 Å². The van der Waals surface area contributed by atoms with E-state index in [4.69, 9.17) is 0 Å². The van der Waals surface area contributed by atoms with Crippen molar-refractivity contribution in [2.24, 2.45) is 0 Å². The molecule has 1 N–H and O–H groups in total. The standard InChI is InChI=1S/C21H19N5OS/c1-14-7-9-17(10-8-14)26-19(11-15(2)25-26)23-20(27)13-28-21-18-6-4-3-5-16(18)12-22-24-21/h3-12H,13H2,1-2H3,(H,23,27). The highest BCUT2D eigenvalue weighted by Crippen LogP contribution is 2.25. The van der Waals surface area contributed by atoms with Gasteiger partial charge in [0.25, 0.3) is 0 Å². The molecule has 0 aliphatic carbocycles. The van der Waals surface area contributed by atoms with Crippen molar-refractivity contribution < 1.29 is 4.79 Å². The second kappa shape index (κ2) is 7.82. The van der Waals surface area contributed by atoms with Crippen molar-refractivity contribution in [3.63, 3.8) is 0 Å². The van der Waals surface area contributed by atoms with E-state index in [2.05, 4.69) is 20.6 Å². The molecular weight excluding hydrogens is 370 g/mol. The average molecular weight is 389 g/mol. The van der Waals surface area contributed by atoms with E-state index in [0.29, 0.717) is 5.82 Å². The molecule has 0 aliphatic heterocycles. The van der Waals surface area contributed by atoms with Gasteiger partial charge in [0.2, 0.25) is 5.91 Å². The van der Waals surface area contributed by atoms with Crippen molar-refractivity contribution >= 4 is 34.3 Å². The van der Waals surface area contributed by atoms with Crippen molar-refractivity contribution in [1.82, 2.24) is 20.0 Å². The van der Waals surface area contributed by atoms with E-state index in [1.807, 2.05) is 68.4 Å². The quantitative estimate of drug-likeness (QED) is 0.519. The molecule has 0 spiro atoms. The molecule has 0 unspecified atom stereocenters. The van der Waals surface area contributed by atoms with Crippen molar-refractivity contribution in [1.29, 1.82) is 0 Å².